The van der Waals surface area contributed by atoms with Crippen LogP contribution in [0.25, 0.3) is 0 Å². The second-order valence-electron chi connectivity index (χ2n) is 7.19. The van der Waals surface area contributed by atoms with Crippen LogP contribution >= 0.6 is 0 Å². The van der Waals surface area contributed by atoms with Crippen molar-refractivity contribution in [3.8, 4) is 11.5 Å². The third kappa shape index (κ3) is 6.70. The van der Waals surface area contributed by atoms with Gasteiger partial charge in [-0.3, -0.25) is 19.7 Å². The lowest BCUT2D eigenvalue weighted by Crippen LogP contribution is -2.16. The number of nitrogens with two attached hydrogens (primary N) is 1. The summed E-state index contributed by atoms with van der Waals surface area (Å²) in [6.45, 7) is 5.98. The number of nitrogens with one attached hydrogen (secondary N) is 1. The number of hydrogen-bond donors (Lipinski definition) is 2. The first-order valence-electron chi connectivity index (χ1n) is 10.1. The van der Waals surface area contributed by atoms with Crippen molar-refractivity contribution in [2.75, 3.05) is 11.9 Å². The fourth-order valence-electron chi connectivity index (χ4n) is 2.78. The van der Waals surface area contributed by atoms with Crippen LogP contribution in [-0.2, 0) is 0 Å². The summed E-state index contributed by atoms with van der Waals surface area (Å²) < 4.78 is 11.2. The number of benzene rings is 2. The predicted molar refractivity (Wildman–Crippen MR) is 117 cm³/mol. The van der Waals surface area contributed by atoms with Crippen molar-refractivity contribution in [1.29, 1.82) is 0 Å². The van der Waals surface area contributed by atoms with Crippen LogP contribution in [0.3, 0.4) is 0 Å². The van der Waals surface area contributed by atoms with Crippen LogP contribution in [0.2, 0.25) is 0 Å². The summed E-state index contributed by atoms with van der Waals surface area (Å²) in [7, 11) is 0. The summed E-state index contributed by atoms with van der Waals surface area (Å²) in [5, 5.41) is 14.0. The van der Waals surface area contributed by atoms with Crippen LogP contribution in [0.1, 0.15) is 60.7 Å². The molecule has 0 bridgehead atoms. The molecular formula is C22H27N3O6. The zero-order valence-corrected chi connectivity index (χ0v) is 17.8. The van der Waals surface area contributed by atoms with Gasteiger partial charge in [0.2, 0.25) is 5.91 Å². The molecule has 0 heterocycles. The van der Waals surface area contributed by atoms with Gasteiger partial charge in [0.1, 0.15) is 5.75 Å². The number of carbonyl (C=O) groups excluding carboxylic acids is 2. The average molecular weight is 429 g/mol. The highest BCUT2D eigenvalue weighted by Crippen LogP contribution is 2.30. The minimum Gasteiger partial charge on any atom is -0.489 e. The molecule has 9 heteroatoms. The lowest BCUT2D eigenvalue weighted by atomic mass is 10.1. The minimum atomic E-state index is -0.619. The van der Waals surface area contributed by atoms with E-state index in [2.05, 4.69) is 5.32 Å². The quantitative estimate of drug-likeness (QED) is 0.311. The molecule has 0 fully saturated rings. The highest BCUT2D eigenvalue weighted by molar-refractivity contribution is 6.06. The number of nitro groups is 1. The number of unbranched alkanes of at least 4 members (excludes halogenated alkanes) is 2. The van der Waals surface area contributed by atoms with Gasteiger partial charge in [-0.2, -0.15) is 0 Å². The lowest BCUT2D eigenvalue weighted by Gasteiger charge is -2.16. The molecule has 9 nitrogen and oxygen atoms in total. The second kappa shape index (κ2) is 11.0. The molecule has 0 spiro atoms. The van der Waals surface area contributed by atoms with Gasteiger partial charge in [0.15, 0.2) is 5.75 Å². The Bertz CT molecular complexity index is 958. The lowest BCUT2D eigenvalue weighted by molar-refractivity contribution is -0.385. The Hall–Kier alpha value is -3.62. The molecule has 0 unspecified atom stereocenters. The molecule has 0 radical (unpaired) electrons. The van der Waals surface area contributed by atoms with Gasteiger partial charge in [-0.05, 0) is 44.5 Å². The fourth-order valence-corrected chi connectivity index (χ4v) is 2.78. The minimum absolute atomic E-state index is 0.0384. The zero-order valence-electron chi connectivity index (χ0n) is 17.8. The molecule has 0 atom stereocenters. The number of anilines is 1. The van der Waals surface area contributed by atoms with Crippen LogP contribution in [-0.4, -0.2) is 29.4 Å². The molecule has 0 saturated carbocycles. The number of amides is 2. The summed E-state index contributed by atoms with van der Waals surface area (Å²) in [5.41, 5.74) is 5.88. The average Bonchev–Trinajstić information content (AvgIpc) is 2.71. The molecule has 0 aromatic heterocycles. The van der Waals surface area contributed by atoms with Gasteiger partial charge in [-0.15, -0.1) is 0 Å². The molecule has 0 aliphatic heterocycles. The summed E-state index contributed by atoms with van der Waals surface area (Å²) >= 11 is 0. The topological polar surface area (TPSA) is 134 Å². The van der Waals surface area contributed by atoms with Crippen molar-refractivity contribution < 1.29 is 24.0 Å². The van der Waals surface area contributed by atoms with E-state index >= 15 is 0 Å². The highest BCUT2D eigenvalue weighted by Gasteiger charge is 2.19. The van der Waals surface area contributed by atoms with E-state index in [0.29, 0.717) is 12.3 Å². The molecule has 0 aliphatic carbocycles. The summed E-state index contributed by atoms with van der Waals surface area (Å²) in [4.78, 5) is 35.0. The summed E-state index contributed by atoms with van der Waals surface area (Å²) in [6, 6.07) is 8.39. The molecule has 2 rings (SSSR count). The number of ether oxygens (including phenoxy) is 2. The van der Waals surface area contributed by atoms with Crippen LogP contribution in [0, 0.1) is 10.1 Å². The first-order valence-corrected chi connectivity index (χ1v) is 10.1. The summed E-state index contributed by atoms with van der Waals surface area (Å²) in [5.74, 6) is -0.797. The van der Waals surface area contributed by atoms with Crippen molar-refractivity contribution >= 4 is 23.2 Å². The van der Waals surface area contributed by atoms with Gasteiger partial charge >= 0.3 is 5.69 Å². The van der Waals surface area contributed by atoms with E-state index < -0.39 is 16.7 Å². The van der Waals surface area contributed by atoms with Gasteiger partial charge in [-0.25, -0.2) is 0 Å². The number of nitro benzene ring substituents is 1. The number of nitrogens with zero attached hydrogens (tertiary/aromatic N) is 1. The molecule has 166 valence electrons. The molecule has 2 aromatic carbocycles. The van der Waals surface area contributed by atoms with Crippen molar-refractivity contribution in [3.05, 3.63) is 57.6 Å². The van der Waals surface area contributed by atoms with Gasteiger partial charge in [0.25, 0.3) is 5.91 Å². The maximum absolute atomic E-state index is 12.8. The number of rotatable bonds is 11. The van der Waals surface area contributed by atoms with E-state index in [9.17, 15) is 19.7 Å². The van der Waals surface area contributed by atoms with Crippen LogP contribution in [0.4, 0.5) is 11.4 Å². The Kier molecular flexibility index (Phi) is 8.36. The third-order valence-electron chi connectivity index (χ3n) is 4.30. The normalized spacial score (nSPS) is 10.6. The number of carbonyl (C=O) groups is 2. The van der Waals surface area contributed by atoms with E-state index in [1.807, 2.05) is 6.92 Å². The Labute approximate surface area is 180 Å². The molecule has 0 aliphatic rings. The van der Waals surface area contributed by atoms with E-state index in [-0.39, 0.29) is 34.4 Å². The van der Waals surface area contributed by atoms with Crippen molar-refractivity contribution in [2.45, 2.75) is 46.1 Å². The zero-order chi connectivity index (χ0) is 23.0. The van der Waals surface area contributed by atoms with Gasteiger partial charge in [0, 0.05) is 23.3 Å². The summed E-state index contributed by atoms with van der Waals surface area (Å²) in [6.07, 6.45) is 2.48. The third-order valence-corrected chi connectivity index (χ3v) is 4.30. The Balaban J connectivity index is 2.28. The Morgan fingerprint density at radius 3 is 2.39 bits per heavy atom. The SMILES string of the molecule is CCCCCOc1cc(C(=O)Nc2ccc(C(N)=O)cc2OC(C)C)ccc1[N+](=O)[O-]. The standard InChI is InChI=1S/C22H27N3O6/c1-4-5-6-11-30-20-13-16(8-10-18(20)25(28)29)22(27)24-17-9-7-15(21(23)26)12-19(17)31-14(2)3/h7-10,12-14H,4-6,11H2,1-3H3,(H2,23,26)(H,24,27). The molecule has 31 heavy (non-hydrogen) atoms. The highest BCUT2D eigenvalue weighted by atomic mass is 16.6. The molecule has 3 N–H and O–H groups in total. The fraction of sp³-hybridized carbons (Fsp3) is 0.364. The smallest absolute Gasteiger partial charge is 0.310 e. The van der Waals surface area contributed by atoms with Crippen LogP contribution in [0.15, 0.2) is 36.4 Å². The number of primary amides is 1. The van der Waals surface area contributed by atoms with E-state index in [4.69, 9.17) is 15.2 Å². The van der Waals surface area contributed by atoms with E-state index in [1.54, 1.807) is 13.8 Å². The first kappa shape index (κ1) is 23.7. The predicted octanol–water partition coefficient (Wildman–Crippen LogP) is 4.30. The maximum atomic E-state index is 12.8. The van der Waals surface area contributed by atoms with Crippen molar-refractivity contribution in [1.82, 2.24) is 0 Å². The molecular weight excluding hydrogens is 402 g/mol. The van der Waals surface area contributed by atoms with Crippen molar-refractivity contribution in [3.63, 3.8) is 0 Å². The van der Waals surface area contributed by atoms with Gasteiger partial charge in [-0.1, -0.05) is 19.8 Å². The Morgan fingerprint density at radius 1 is 1.10 bits per heavy atom. The number of hydrogen-bond acceptors (Lipinski definition) is 6. The maximum Gasteiger partial charge on any atom is 0.310 e. The van der Waals surface area contributed by atoms with Gasteiger partial charge in [0.05, 0.1) is 23.3 Å². The molecule has 0 saturated heterocycles. The Morgan fingerprint density at radius 2 is 1.77 bits per heavy atom. The molecule has 2 aromatic rings. The molecule has 2 amide bonds. The van der Waals surface area contributed by atoms with Gasteiger partial charge < -0.3 is 20.5 Å². The van der Waals surface area contributed by atoms with E-state index in [1.165, 1.54) is 36.4 Å². The largest absolute Gasteiger partial charge is 0.489 e. The van der Waals surface area contributed by atoms with Crippen molar-refractivity contribution in [2.24, 2.45) is 5.73 Å². The van der Waals surface area contributed by atoms with Crippen LogP contribution < -0.4 is 20.5 Å². The first-order chi connectivity index (χ1) is 14.7. The van der Waals surface area contributed by atoms with E-state index in [0.717, 1.165) is 19.3 Å². The monoisotopic (exact) mass is 429 g/mol. The van der Waals surface area contributed by atoms with Crippen LogP contribution in [0.5, 0.6) is 11.5 Å². The second-order valence-corrected chi connectivity index (χ2v) is 7.19.